The van der Waals surface area contributed by atoms with Crippen molar-refractivity contribution in [3.8, 4) is 0 Å². The highest BCUT2D eigenvalue weighted by Crippen LogP contribution is 2.25. The van der Waals surface area contributed by atoms with E-state index in [9.17, 15) is 18.0 Å². The Kier molecular flexibility index (Phi) is 8.86. The molecular formula is C23H30BrN3O4S. The van der Waals surface area contributed by atoms with Crippen LogP contribution >= 0.6 is 15.9 Å². The van der Waals surface area contributed by atoms with Gasteiger partial charge in [0.05, 0.1) is 11.9 Å². The molecule has 2 aromatic carbocycles. The van der Waals surface area contributed by atoms with E-state index in [0.717, 1.165) is 26.2 Å². The lowest BCUT2D eigenvalue weighted by atomic mass is 10.1. The number of nitrogens with zero attached hydrogens (tertiary/aromatic N) is 2. The fourth-order valence-electron chi connectivity index (χ4n) is 3.17. The fraction of sp³-hybridized carbons (Fsp3) is 0.391. The van der Waals surface area contributed by atoms with Gasteiger partial charge in [-0.05, 0) is 57.0 Å². The van der Waals surface area contributed by atoms with Crippen LogP contribution in [0.5, 0.6) is 0 Å². The van der Waals surface area contributed by atoms with Gasteiger partial charge >= 0.3 is 0 Å². The van der Waals surface area contributed by atoms with Crippen molar-refractivity contribution in [1.82, 2.24) is 10.2 Å². The Morgan fingerprint density at radius 2 is 1.69 bits per heavy atom. The first-order chi connectivity index (χ1) is 14.9. The SMILES string of the molecule is Cc1cc(N(CC(=O)N(Cc2ccccc2)[C@H](C)C(=O)NC(C)C)S(C)(=O)=O)ccc1Br. The zero-order chi connectivity index (χ0) is 24.1. The van der Waals surface area contributed by atoms with Crippen LogP contribution in [0.2, 0.25) is 0 Å². The maximum Gasteiger partial charge on any atom is 0.244 e. The Hall–Kier alpha value is -2.39. The van der Waals surface area contributed by atoms with Crippen molar-refractivity contribution in [3.63, 3.8) is 0 Å². The molecule has 0 unspecified atom stereocenters. The molecule has 0 spiro atoms. The van der Waals surface area contributed by atoms with Crippen LogP contribution in [0.25, 0.3) is 0 Å². The van der Waals surface area contributed by atoms with E-state index in [1.807, 2.05) is 51.1 Å². The number of benzene rings is 2. The molecule has 0 fully saturated rings. The number of carbonyl (C=O) groups excluding carboxylic acids is 2. The minimum Gasteiger partial charge on any atom is -0.352 e. The van der Waals surface area contributed by atoms with Gasteiger partial charge in [0.15, 0.2) is 0 Å². The predicted molar refractivity (Wildman–Crippen MR) is 131 cm³/mol. The van der Waals surface area contributed by atoms with E-state index in [2.05, 4.69) is 21.2 Å². The lowest BCUT2D eigenvalue weighted by Crippen LogP contribution is -2.52. The van der Waals surface area contributed by atoms with Gasteiger partial charge in [-0.15, -0.1) is 0 Å². The highest BCUT2D eigenvalue weighted by molar-refractivity contribution is 9.10. The van der Waals surface area contributed by atoms with Gasteiger partial charge in [-0.3, -0.25) is 13.9 Å². The van der Waals surface area contributed by atoms with Gasteiger partial charge in [-0.1, -0.05) is 46.3 Å². The second-order valence-electron chi connectivity index (χ2n) is 8.05. The Morgan fingerprint density at radius 3 is 2.22 bits per heavy atom. The second-order valence-corrected chi connectivity index (χ2v) is 10.8. The van der Waals surface area contributed by atoms with E-state index in [4.69, 9.17) is 0 Å². The molecule has 0 heterocycles. The standard InChI is InChI=1S/C23H30BrN3O4S/c1-16(2)25-23(29)18(4)26(14-19-9-7-6-8-10-19)22(28)15-27(32(5,30)31)20-11-12-21(24)17(3)13-20/h6-13,16,18H,14-15H2,1-5H3,(H,25,29)/t18-/m1/s1. The molecule has 1 N–H and O–H groups in total. The van der Waals surface area contributed by atoms with Crippen LogP contribution in [-0.2, 0) is 26.2 Å². The van der Waals surface area contributed by atoms with Crippen molar-refractivity contribution in [1.29, 1.82) is 0 Å². The summed E-state index contributed by atoms with van der Waals surface area (Å²) in [7, 11) is -3.74. The molecule has 0 saturated carbocycles. The normalized spacial score (nSPS) is 12.3. The molecular weight excluding hydrogens is 494 g/mol. The average molecular weight is 524 g/mol. The van der Waals surface area contributed by atoms with E-state index in [0.29, 0.717) is 5.69 Å². The van der Waals surface area contributed by atoms with Crippen LogP contribution in [0.15, 0.2) is 53.0 Å². The largest absolute Gasteiger partial charge is 0.352 e. The number of anilines is 1. The zero-order valence-electron chi connectivity index (χ0n) is 19.0. The molecule has 2 aromatic rings. The molecule has 2 amide bonds. The van der Waals surface area contributed by atoms with Gasteiger partial charge in [0.2, 0.25) is 21.8 Å². The summed E-state index contributed by atoms with van der Waals surface area (Å²) in [6.07, 6.45) is 1.06. The number of hydrogen-bond acceptors (Lipinski definition) is 4. The number of amides is 2. The Morgan fingerprint density at radius 1 is 1.06 bits per heavy atom. The van der Waals surface area contributed by atoms with E-state index < -0.39 is 28.5 Å². The summed E-state index contributed by atoms with van der Waals surface area (Å²) in [5, 5.41) is 2.82. The number of nitrogens with one attached hydrogen (secondary N) is 1. The van der Waals surface area contributed by atoms with Gasteiger partial charge in [-0.25, -0.2) is 8.42 Å². The van der Waals surface area contributed by atoms with Crippen LogP contribution in [-0.4, -0.2) is 50.0 Å². The van der Waals surface area contributed by atoms with Crippen molar-refractivity contribution in [2.45, 2.75) is 46.3 Å². The molecule has 0 radical (unpaired) electrons. The van der Waals surface area contributed by atoms with E-state index in [1.54, 1.807) is 25.1 Å². The lowest BCUT2D eigenvalue weighted by molar-refractivity contribution is -0.139. The summed E-state index contributed by atoms with van der Waals surface area (Å²) in [4.78, 5) is 27.5. The smallest absolute Gasteiger partial charge is 0.244 e. The number of carbonyl (C=O) groups is 2. The summed E-state index contributed by atoms with van der Waals surface area (Å²) in [6, 6.07) is 13.5. The number of halogens is 1. The molecule has 0 saturated heterocycles. The van der Waals surface area contributed by atoms with E-state index in [-0.39, 0.29) is 18.5 Å². The molecule has 0 bridgehead atoms. The first kappa shape index (κ1) is 25.9. The molecule has 32 heavy (non-hydrogen) atoms. The van der Waals surface area contributed by atoms with Crippen molar-refractivity contribution in [2.75, 3.05) is 17.1 Å². The first-order valence-electron chi connectivity index (χ1n) is 10.3. The fourth-order valence-corrected chi connectivity index (χ4v) is 4.25. The van der Waals surface area contributed by atoms with E-state index in [1.165, 1.54) is 4.90 Å². The van der Waals surface area contributed by atoms with Crippen LogP contribution in [0, 0.1) is 6.92 Å². The molecule has 0 aliphatic heterocycles. The summed E-state index contributed by atoms with van der Waals surface area (Å²) < 4.78 is 27.0. The third-order valence-corrected chi connectivity index (χ3v) is 6.93. The highest BCUT2D eigenvalue weighted by atomic mass is 79.9. The molecule has 174 valence electrons. The van der Waals surface area contributed by atoms with Crippen LogP contribution in [0.4, 0.5) is 5.69 Å². The number of sulfonamides is 1. The molecule has 7 nitrogen and oxygen atoms in total. The third-order valence-electron chi connectivity index (χ3n) is 4.90. The minimum absolute atomic E-state index is 0.0862. The number of hydrogen-bond donors (Lipinski definition) is 1. The van der Waals surface area contributed by atoms with Gasteiger partial charge in [0, 0.05) is 17.1 Å². The first-order valence-corrected chi connectivity index (χ1v) is 12.9. The Labute approximate surface area is 199 Å². The quantitative estimate of drug-likeness (QED) is 0.545. The minimum atomic E-state index is -3.74. The Bertz CT molecular complexity index is 1060. The van der Waals surface area contributed by atoms with Crippen molar-refractivity contribution < 1.29 is 18.0 Å². The Balaban J connectivity index is 2.38. The van der Waals surface area contributed by atoms with Gasteiger partial charge in [0.25, 0.3) is 0 Å². The lowest BCUT2D eigenvalue weighted by Gasteiger charge is -2.32. The monoisotopic (exact) mass is 523 g/mol. The molecule has 2 rings (SSSR count). The van der Waals surface area contributed by atoms with Gasteiger partial charge < -0.3 is 10.2 Å². The van der Waals surface area contributed by atoms with Gasteiger partial charge in [0.1, 0.15) is 12.6 Å². The van der Waals surface area contributed by atoms with Crippen LogP contribution in [0.1, 0.15) is 31.9 Å². The topological polar surface area (TPSA) is 86.8 Å². The zero-order valence-corrected chi connectivity index (χ0v) is 21.4. The summed E-state index contributed by atoms with van der Waals surface area (Å²) in [5.41, 5.74) is 2.07. The second kappa shape index (κ2) is 11.0. The van der Waals surface area contributed by atoms with E-state index >= 15 is 0 Å². The highest BCUT2D eigenvalue weighted by Gasteiger charge is 2.30. The molecule has 0 aliphatic carbocycles. The molecule has 1 atom stereocenters. The summed E-state index contributed by atoms with van der Waals surface area (Å²) in [5.74, 6) is -0.763. The maximum absolute atomic E-state index is 13.4. The molecule has 9 heteroatoms. The number of aryl methyl sites for hydroxylation is 1. The van der Waals surface area contributed by atoms with Gasteiger partial charge in [-0.2, -0.15) is 0 Å². The van der Waals surface area contributed by atoms with Crippen molar-refractivity contribution in [3.05, 3.63) is 64.1 Å². The molecule has 0 aromatic heterocycles. The number of rotatable bonds is 9. The van der Waals surface area contributed by atoms with Crippen molar-refractivity contribution in [2.24, 2.45) is 0 Å². The average Bonchev–Trinajstić information content (AvgIpc) is 2.71. The summed E-state index contributed by atoms with van der Waals surface area (Å²) >= 11 is 3.41. The molecule has 0 aliphatic rings. The summed E-state index contributed by atoms with van der Waals surface area (Å²) in [6.45, 7) is 6.95. The van der Waals surface area contributed by atoms with Crippen LogP contribution in [0.3, 0.4) is 0 Å². The maximum atomic E-state index is 13.4. The van der Waals surface area contributed by atoms with Crippen molar-refractivity contribution >= 4 is 43.5 Å². The third kappa shape index (κ3) is 7.06. The van der Waals surface area contributed by atoms with Crippen LogP contribution < -0.4 is 9.62 Å². The predicted octanol–water partition coefficient (Wildman–Crippen LogP) is 3.47.